The Morgan fingerprint density at radius 3 is 2.90 bits per heavy atom. The van der Waals surface area contributed by atoms with Gasteiger partial charge in [-0.25, -0.2) is 0 Å². The molecule has 0 saturated carbocycles. The second-order valence-corrected chi connectivity index (χ2v) is 4.07. The minimum atomic E-state index is -0.682. The summed E-state index contributed by atoms with van der Waals surface area (Å²) in [4.78, 5) is 21.4. The molecule has 0 bridgehead atoms. The smallest absolute Gasteiger partial charge is 0.275 e. The molecule has 1 aliphatic rings. The number of nitro groups is 1. The summed E-state index contributed by atoms with van der Waals surface area (Å²) in [5.41, 5.74) is 0.324. The van der Waals surface area contributed by atoms with Gasteiger partial charge in [-0.1, -0.05) is 0 Å². The molecule has 0 unspecified atom stereocenters. The Morgan fingerprint density at radius 2 is 2.30 bits per heavy atom. The number of ether oxygens (including phenoxy) is 3. The van der Waals surface area contributed by atoms with Crippen LogP contribution in [0.25, 0.3) is 0 Å². The van der Waals surface area contributed by atoms with Gasteiger partial charge in [0.25, 0.3) is 5.69 Å². The summed E-state index contributed by atoms with van der Waals surface area (Å²) in [5.74, 6) is 0.363. The van der Waals surface area contributed by atoms with E-state index in [0.29, 0.717) is 11.3 Å². The predicted molar refractivity (Wildman–Crippen MR) is 68.3 cm³/mol. The average Bonchev–Trinajstić information content (AvgIpc) is 2.46. The van der Waals surface area contributed by atoms with Gasteiger partial charge < -0.3 is 14.2 Å². The van der Waals surface area contributed by atoms with Crippen molar-refractivity contribution in [3.8, 4) is 5.75 Å². The van der Waals surface area contributed by atoms with Crippen LogP contribution in [0.1, 0.15) is 5.56 Å². The molecule has 0 aromatic heterocycles. The molecule has 0 spiro atoms. The maximum absolute atomic E-state index is 10.9. The van der Waals surface area contributed by atoms with Crippen LogP contribution >= 0.6 is 0 Å². The Balaban J connectivity index is 2.09. The molecule has 1 aromatic rings. The summed E-state index contributed by atoms with van der Waals surface area (Å²) in [6.45, 7) is -0.0713. The first-order chi connectivity index (χ1) is 9.60. The van der Waals surface area contributed by atoms with Crippen LogP contribution in [0.3, 0.4) is 0 Å². The summed E-state index contributed by atoms with van der Waals surface area (Å²) in [6, 6.07) is 4.41. The minimum absolute atomic E-state index is 0.0172. The maximum Gasteiger partial charge on any atom is 0.275 e. The molecule has 106 valence electrons. The monoisotopic (exact) mass is 279 g/mol. The zero-order chi connectivity index (χ0) is 14.5. The van der Waals surface area contributed by atoms with Crippen LogP contribution in [0, 0.1) is 10.1 Å². The van der Waals surface area contributed by atoms with E-state index in [0.717, 1.165) is 0 Å². The molecule has 0 radical (unpaired) electrons. The van der Waals surface area contributed by atoms with Crippen LogP contribution in [-0.2, 0) is 20.9 Å². The van der Waals surface area contributed by atoms with Crippen molar-refractivity contribution in [1.82, 2.24) is 0 Å². The van der Waals surface area contributed by atoms with Crippen molar-refractivity contribution >= 4 is 11.5 Å². The second-order valence-electron chi connectivity index (χ2n) is 4.07. The highest BCUT2D eigenvalue weighted by molar-refractivity contribution is 5.91. The fourth-order valence-electron chi connectivity index (χ4n) is 1.71. The van der Waals surface area contributed by atoms with Crippen molar-refractivity contribution in [1.29, 1.82) is 0 Å². The van der Waals surface area contributed by atoms with Gasteiger partial charge in [0.1, 0.15) is 12.4 Å². The lowest BCUT2D eigenvalue weighted by molar-refractivity contribution is -0.386. The molecule has 0 aliphatic carbocycles. The number of nitro benzene ring substituents is 1. The van der Waals surface area contributed by atoms with Crippen LogP contribution < -0.4 is 4.74 Å². The topological polar surface area (TPSA) is 87.9 Å². The summed E-state index contributed by atoms with van der Waals surface area (Å²) in [5, 5.41) is 10.9. The Bertz CT molecular complexity index is 554. The second kappa shape index (κ2) is 6.27. The minimum Gasteiger partial charge on any atom is -0.497 e. The standard InChI is InChI=1S/C13H13NO6/c1-18-11-3-4-12(14(16)17)9(6-11)7-19-13-5-2-10(15)8-20-13/h2-6,13H,7-8H2,1H3/t13-/m0/s1. The highest BCUT2D eigenvalue weighted by Gasteiger charge is 2.18. The molecule has 7 nitrogen and oxygen atoms in total. The van der Waals surface area contributed by atoms with Gasteiger partial charge in [0.15, 0.2) is 12.1 Å². The molecule has 20 heavy (non-hydrogen) atoms. The first kappa shape index (κ1) is 14.2. The lowest BCUT2D eigenvalue weighted by atomic mass is 10.2. The predicted octanol–water partition coefficient (Wildman–Crippen LogP) is 1.60. The third-order valence-electron chi connectivity index (χ3n) is 2.72. The highest BCUT2D eigenvalue weighted by Crippen LogP contribution is 2.25. The number of carbonyl (C=O) groups excluding carboxylic acids is 1. The van der Waals surface area contributed by atoms with Crippen molar-refractivity contribution in [3.63, 3.8) is 0 Å². The summed E-state index contributed by atoms with van der Waals surface area (Å²) >= 11 is 0. The van der Waals surface area contributed by atoms with Crippen LogP contribution in [0.5, 0.6) is 5.75 Å². The van der Waals surface area contributed by atoms with E-state index in [1.807, 2.05) is 0 Å². The van der Waals surface area contributed by atoms with E-state index >= 15 is 0 Å². The molecular weight excluding hydrogens is 266 g/mol. The van der Waals surface area contributed by atoms with Crippen molar-refractivity contribution in [3.05, 3.63) is 46.0 Å². The van der Waals surface area contributed by atoms with Crippen molar-refractivity contribution in [2.24, 2.45) is 0 Å². The average molecular weight is 279 g/mol. The third-order valence-corrected chi connectivity index (χ3v) is 2.72. The molecule has 1 aromatic carbocycles. The number of hydrogen-bond donors (Lipinski definition) is 0. The Kier molecular flexibility index (Phi) is 4.44. The zero-order valence-electron chi connectivity index (χ0n) is 10.8. The van der Waals surface area contributed by atoms with Gasteiger partial charge in [-0.3, -0.25) is 14.9 Å². The molecule has 1 aliphatic heterocycles. The van der Waals surface area contributed by atoms with Gasteiger partial charge >= 0.3 is 0 Å². The largest absolute Gasteiger partial charge is 0.497 e. The lowest BCUT2D eigenvalue weighted by Gasteiger charge is -2.17. The van der Waals surface area contributed by atoms with Crippen molar-refractivity contribution in [2.75, 3.05) is 13.7 Å². The summed E-state index contributed by atoms with van der Waals surface area (Å²) in [7, 11) is 1.48. The number of rotatable bonds is 5. The summed E-state index contributed by atoms with van der Waals surface area (Å²) in [6.07, 6.45) is 2.16. The fourth-order valence-corrected chi connectivity index (χ4v) is 1.71. The number of nitrogens with zero attached hydrogens (tertiary/aromatic N) is 1. The van der Waals surface area contributed by atoms with Crippen LogP contribution in [0.4, 0.5) is 5.69 Å². The van der Waals surface area contributed by atoms with E-state index in [1.165, 1.54) is 37.5 Å². The van der Waals surface area contributed by atoms with Gasteiger partial charge in [-0.2, -0.15) is 0 Å². The molecule has 7 heteroatoms. The number of hydrogen-bond acceptors (Lipinski definition) is 6. The number of benzene rings is 1. The lowest BCUT2D eigenvalue weighted by Crippen LogP contribution is -2.23. The normalized spacial score (nSPS) is 18.1. The van der Waals surface area contributed by atoms with E-state index in [2.05, 4.69) is 0 Å². The molecule has 2 rings (SSSR count). The highest BCUT2D eigenvalue weighted by atomic mass is 16.7. The summed E-state index contributed by atoms with van der Waals surface area (Å²) < 4.78 is 15.5. The van der Waals surface area contributed by atoms with Crippen LogP contribution in [0.15, 0.2) is 30.4 Å². The van der Waals surface area contributed by atoms with Crippen LogP contribution in [0.2, 0.25) is 0 Å². The molecule has 1 atom stereocenters. The zero-order valence-corrected chi connectivity index (χ0v) is 10.8. The van der Waals surface area contributed by atoms with Gasteiger partial charge in [0, 0.05) is 6.07 Å². The molecule has 0 saturated heterocycles. The van der Waals surface area contributed by atoms with Crippen LogP contribution in [-0.4, -0.2) is 30.7 Å². The van der Waals surface area contributed by atoms with Crippen molar-refractivity contribution < 1.29 is 23.9 Å². The van der Waals surface area contributed by atoms with Gasteiger partial charge in [0.05, 0.1) is 24.2 Å². The van der Waals surface area contributed by atoms with E-state index in [1.54, 1.807) is 0 Å². The van der Waals surface area contributed by atoms with Gasteiger partial charge in [0.2, 0.25) is 0 Å². The molecule has 0 fully saturated rings. The first-order valence-corrected chi connectivity index (χ1v) is 5.85. The maximum atomic E-state index is 10.9. The Hall–Kier alpha value is -2.25. The van der Waals surface area contributed by atoms with E-state index < -0.39 is 11.2 Å². The molecule has 0 N–H and O–H groups in total. The molecule has 1 heterocycles. The van der Waals surface area contributed by atoms with Gasteiger partial charge in [-0.05, 0) is 24.3 Å². The Morgan fingerprint density at radius 1 is 1.50 bits per heavy atom. The quantitative estimate of drug-likeness (QED) is 0.601. The van der Waals surface area contributed by atoms with Crippen molar-refractivity contribution in [2.45, 2.75) is 12.9 Å². The number of ketones is 1. The van der Waals surface area contributed by atoms with E-state index in [9.17, 15) is 14.9 Å². The Labute approximate surface area is 114 Å². The van der Waals surface area contributed by atoms with E-state index in [4.69, 9.17) is 14.2 Å². The fraction of sp³-hybridized carbons (Fsp3) is 0.308. The van der Waals surface area contributed by atoms with E-state index in [-0.39, 0.29) is 24.7 Å². The molecule has 0 amide bonds. The SMILES string of the molecule is COc1ccc([N+](=O)[O-])c(CO[C@@H]2C=CC(=O)CO2)c1. The number of carbonyl (C=O) groups is 1. The first-order valence-electron chi connectivity index (χ1n) is 5.85. The number of methoxy groups -OCH3 is 1. The van der Waals surface area contributed by atoms with Gasteiger partial charge in [-0.15, -0.1) is 0 Å². The third kappa shape index (κ3) is 3.40. The molecular formula is C13H13NO6.